The smallest absolute Gasteiger partial charge is 0.328 e. The molecule has 1 N–H and O–H groups in total. The van der Waals surface area contributed by atoms with Crippen LogP contribution in [-0.2, 0) is 22.4 Å². The van der Waals surface area contributed by atoms with E-state index in [0.29, 0.717) is 18.6 Å². The van der Waals surface area contributed by atoms with Crippen LogP contribution in [0.15, 0.2) is 16.5 Å². The van der Waals surface area contributed by atoms with Crippen LogP contribution < -0.4 is 10.1 Å². The van der Waals surface area contributed by atoms with Crippen LogP contribution in [0, 0.1) is 26.7 Å². The van der Waals surface area contributed by atoms with Gasteiger partial charge in [-0.3, -0.25) is 4.79 Å². The fourth-order valence-electron chi connectivity index (χ4n) is 4.54. The topological polar surface area (TPSA) is 77.8 Å². The van der Waals surface area contributed by atoms with Crippen molar-refractivity contribution in [3.63, 3.8) is 0 Å². The van der Waals surface area contributed by atoms with Gasteiger partial charge in [-0.2, -0.15) is 0 Å². The molecule has 1 amide bonds. The molecule has 2 heterocycles. The van der Waals surface area contributed by atoms with Gasteiger partial charge in [0.2, 0.25) is 0 Å². The summed E-state index contributed by atoms with van der Waals surface area (Å²) in [6.07, 6.45) is 3.05. The molecular weight excluding hydrogens is 418 g/mol. The van der Waals surface area contributed by atoms with Gasteiger partial charge < -0.3 is 19.2 Å². The quantitative estimate of drug-likeness (QED) is 0.580. The predicted octanol–water partition coefficient (Wildman–Crippen LogP) is 5.22. The average Bonchev–Trinajstić information content (AvgIpc) is 3.22. The van der Waals surface area contributed by atoms with Crippen LogP contribution in [0.25, 0.3) is 0 Å². The number of fused-ring (bicyclic) bond motifs is 1. The number of nitrogens with one attached hydrogen (secondary N) is 1. The van der Waals surface area contributed by atoms with E-state index in [9.17, 15) is 9.59 Å². The van der Waals surface area contributed by atoms with Crippen LogP contribution in [0.1, 0.15) is 84.7 Å². The molecule has 0 bridgehead atoms. The summed E-state index contributed by atoms with van der Waals surface area (Å²) in [5, 5.41) is 2.75. The Morgan fingerprint density at radius 1 is 1.12 bits per heavy atom. The molecule has 1 unspecified atom stereocenters. The zero-order chi connectivity index (χ0) is 24.5. The monoisotopic (exact) mass is 455 g/mol. The maximum atomic E-state index is 12.7. The lowest BCUT2D eigenvalue weighted by atomic mass is 9.84. The first kappa shape index (κ1) is 24.9. The highest BCUT2D eigenvalue weighted by Gasteiger charge is 2.31. The van der Waals surface area contributed by atoms with Gasteiger partial charge in [-0.25, -0.2) is 4.79 Å². The summed E-state index contributed by atoms with van der Waals surface area (Å²) >= 11 is 0. The molecule has 0 saturated carbocycles. The minimum Gasteiger partial charge on any atom is -0.487 e. The number of methoxy groups -OCH3 is 1. The molecule has 6 heteroatoms. The van der Waals surface area contributed by atoms with Crippen LogP contribution in [0.3, 0.4) is 0 Å². The number of benzene rings is 1. The Balaban J connectivity index is 1.81. The highest BCUT2D eigenvalue weighted by Crippen LogP contribution is 2.41. The molecule has 0 spiro atoms. The average molecular weight is 456 g/mol. The summed E-state index contributed by atoms with van der Waals surface area (Å²) in [6, 6.07) is 2.79. The number of amides is 1. The second-order valence-corrected chi connectivity index (χ2v) is 10.1. The summed E-state index contributed by atoms with van der Waals surface area (Å²) in [6.45, 7) is 14.6. The molecule has 3 rings (SSSR count). The molecule has 180 valence electrons. The van der Waals surface area contributed by atoms with Gasteiger partial charge >= 0.3 is 5.97 Å². The lowest BCUT2D eigenvalue weighted by molar-refractivity contribution is -0.143. The Labute approximate surface area is 197 Å². The number of ether oxygens (including phenoxy) is 2. The molecule has 1 aromatic carbocycles. The van der Waals surface area contributed by atoms with Crippen molar-refractivity contribution in [3.05, 3.63) is 51.5 Å². The van der Waals surface area contributed by atoms with Crippen molar-refractivity contribution in [2.45, 2.75) is 85.8 Å². The maximum Gasteiger partial charge on any atom is 0.328 e. The Morgan fingerprint density at radius 3 is 2.45 bits per heavy atom. The fourth-order valence-corrected chi connectivity index (χ4v) is 4.54. The van der Waals surface area contributed by atoms with Crippen molar-refractivity contribution in [3.8, 4) is 5.75 Å². The van der Waals surface area contributed by atoms with Crippen LogP contribution in [0.2, 0.25) is 0 Å². The zero-order valence-electron chi connectivity index (χ0n) is 21.2. The summed E-state index contributed by atoms with van der Waals surface area (Å²) in [4.78, 5) is 24.8. The van der Waals surface area contributed by atoms with Gasteiger partial charge in [0, 0.05) is 6.42 Å². The molecule has 33 heavy (non-hydrogen) atoms. The number of furan rings is 1. The fraction of sp³-hybridized carbons (Fsp3) is 0.556. The molecule has 0 fully saturated rings. The van der Waals surface area contributed by atoms with E-state index in [1.807, 2.05) is 19.9 Å². The minimum absolute atomic E-state index is 0.154. The number of hydrogen-bond donors (Lipinski definition) is 1. The predicted molar refractivity (Wildman–Crippen MR) is 128 cm³/mol. The van der Waals surface area contributed by atoms with Crippen LogP contribution in [0.5, 0.6) is 5.75 Å². The molecule has 1 aliphatic rings. The summed E-state index contributed by atoms with van der Waals surface area (Å²) in [5.74, 6) is 1.28. The molecule has 1 aliphatic heterocycles. The number of esters is 1. The third-order valence-corrected chi connectivity index (χ3v) is 6.63. The van der Waals surface area contributed by atoms with E-state index in [2.05, 4.69) is 39.9 Å². The van der Waals surface area contributed by atoms with E-state index < -0.39 is 17.9 Å². The second kappa shape index (κ2) is 9.62. The highest BCUT2D eigenvalue weighted by atomic mass is 16.5. The van der Waals surface area contributed by atoms with Crippen molar-refractivity contribution in [1.82, 2.24) is 5.32 Å². The normalized spacial score (nSPS) is 15.5. The van der Waals surface area contributed by atoms with Crippen molar-refractivity contribution in [2.75, 3.05) is 7.11 Å². The summed E-state index contributed by atoms with van der Waals surface area (Å²) in [5.41, 5.74) is 5.91. The molecule has 2 aromatic rings. The van der Waals surface area contributed by atoms with Gasteiger partial charge in [0.05, 0.1) is 7.11 Å². The van der Waals surface area contributed by atoms with Gasteiger partial charge in [0.15, 0.2) is 5.76 Å². The lowest BCUT2D eigenvalue weighted by Gasteiger charge is -2.35. The number of carbonyl (C=O) groups is 2. The third-order valence-electron chi connectivity index (χ3n) is 6.63. The van der Waals surface area contributed by atoms with Crippen molar-refractivity contribution >= 4 is 11.9 Å². The molecular formula is C27H37NO5. The first-order valence-electron chi connectivity index (χ1n) is 11.7. The van der Waals surface area contributed by atoms with Crippen LogP contribution in [-0.4, -0.2) is 30.6 Å². The minimum atomic E-state index is -0.701. The van der Waals surface area contributed by atoms with Crippen LogP contribution >= 0.6 is 0 Å². The number of hydrogen-bond acceptors (Lipinski definition) is 5. The Kier molecular flexibility index (Phi) is 7.25. The van der Waals surface area contributed by atoms with Crippen molar-refractivity contribution in [2.24, 2.45) is 5.92 Å². The molecule has 0 saturated heterocycles. The summed E-state index contributed by atoms with van der Waals surface area (Å²) < 4.78 is 17.1. The van der Waals surface area contributed by atoms with E-state index in [4.69, 9.17) is 13.9 Å². The third kappa shape index (κ3) is 5.43. The van der Waals surface area contributed by atoms with Gasteiger partial charge in [-0.05, 0) is 99.7 Å². The molecule has 0 radical (unpaired) electrons. The molecule has 6 nitrogen and oxygen atoms in total. The Hall–Kier alpha value is -2.76. The maximum absolute atomic E-state index is 12.7. The van der Waals surface area contributed by atoms with E-state index >= 15 is 0 Å². The van der Waals surface area contributed by atoms with Crippen molar-refractivity contribution in [1.29, 1.82) is 0 Å². The SMILES string of the molecule is COC(=O)C(CC(C)C)NC(=O)c1ccc(Cc2c(C)c(C)c3c(c2C)CCC(C)(C)O3)o1. The van der Waals surface area contributed by atoms with E-state index in [1.165, 1.54) is 29.4 Å². The van der Waals surface area contributed by atoms with E-state index in [1.54, 1.807) is 6.07 Å². The lowest BCUT2D eigenvalue weighted by Crippen LogP contribution is -2.42. The van der Waals surface area contributed by atoms with E-state index in [0.717, 1.165) is 24.2 Å². The standard InChI is InChI=1S/C27H37NO5/c1-15(2)13-22(26(30)31-8)28-25(29)23-10-9-19(32-23)14-21-16(3)17(4)24-20(18(21)5)11-12-27(6,7)33-24/h9-10,15,22H,11-14H2,1-8H3,(H,28,29). The summed E-state index contributed by atoms with van der Waals surface area (Å²) in [7, 11) is 1.32. The van der Waals surface area contributed by atoms with Crippen LogP contribution in [0.4, 0.5) is 0 Å². The van der Waals surface area contributed by atoms with E-state index in [-0.39, 0.29) is 17.3 Å². The van der Waals surface area contributed by atoms with Gasteiger partial charge in [-0.1, -0.05) is 13.8 Å². The molecule has 1 atom stereocenters. The highest BCUT2D eigenvalue weighted by molar-refractivity contribution is 5.94. The second-order valence-electron chi connectivity index (χ2n) is 10.1. The Bertz CT molecular complexity index is 1050. The largest absolute Gasteiger partial charge is 0.487 e. The molecule has 1 aromatic heterocycles. The zero-order valence-corrected chi connectivity index (χ0v) is 21.2. The number of carbonyl (C=O) groups excluding carboxylic acids is 2. The number of rotatable bonds is 7. The first-order chi connectivity index (χ1) is 15.4. The first-order valence-corrected chi connectivity index (χ1v) is 11.7. The Morgan fingerprint density at radius 2 is 1.82 bits per heavy atom. The van der Waals surface area contributed by atoms with Gasteiger partial charge in [0.25, 0.3) is 5.91 Å². The van der Waals surface area contributed by atoms with Gasteiger partial charge in [0.1, 0.15) is 23.2 Å². The molecule has 0 aliphatic carbocycles. The van der Waals surface area contributed by atoms with Gasteiger partial charge in [-0.15, -0.1) is 0 Å². The van der Waals surface area contributed by atoms with Crippen molar-refractivity contribution < 1.29 is 23.5 Å².